The van der Waals surface area contributed by atoms with E-state index < -0.39 is 0 Å². The van der Waals surface area contributed by atoms with Gasteiger partial charge in [-0.1, -0.05) is 39.0 Å². The zero-order chi connectivity index (χ0) is 15.7. The molecule has 1 saturated heterocycles. The number of hydrogen-bond donors (Lipinski definition) is 1. The van der Waals surface area contributed by atoms with Crippen LogP contribution >= 0.6 is 0 Å². The number of nitrogens with zero attached hydrogens (tertiary/aromatic N) is 2. The number of halogens is 1. The minimum atomic E-state index is -0.0779. The summed E-state index contributed by atoms with van der Waals surface area (Å²) < 4.78 is 13.9. The van der Waals surface area contributed by atoms with Gasteiger partial charge in [-0.25, -0.2) is 4.39 Å². The van der Waals surface area contributed by atoms with Crippen LogP contribution in [0.2, 0.25) is 0 Å². The van der Waals surface area contributed by atoms with Crippen LogP contribution in [0.3, 0.4) is 0 Å². The van der Waals surface area contributed by atoms with Crippen LogP contribution in [0, 0.1) is 5.82 Å². The van der Waals surface area contributed by atoms with Crippen molar-refractivity contribution in [2.45, 2.75) is 45.1 Å². The fourth-order valence-corrected chi connectivity index (χ4v) is 3.10. The topological polar surface area (TPSA) is 31.9 Å². The lowest BCUT2D eigenvalue weighted by Gasteiger charge is -2.16. The molecule has 1 atom stereocenters. The minimum absolute atomic E-state index is 0.0649. The van der Waals surface area contributed by atoms with Crippen molar-refractivity contribution in [3.8, 4) is 0 Å². The Balaban J connectivity index is 1.64. The maximum absolute atomic E-state index is 13.9. The summed E-state index contributed by atoms with van der Waals surface area (Å²) in [5, 5.41) is 7.55. The van der Waals surface area contributed by atoms with E-state index in [1.54, 1.807) is 12.1 Å². The van der Waals surface area contributed by atoms with Gasteiger partial charge in [0.05, 0.1) is 5.69 Å². The molecular formula is C18H24FN3. The first kappa shape index (κ1) is 15.2. The van der Waals surface area contributed by atoms with Crippen molar-refractivity contribution in [1.29, 1.82) is 0 Å². The normalized spacial score (nSPS) is 19.7. The van der Waals surface area contributed by atoms with Crippen LogP contribution in [-0.2, 0) is 12.0 Å². The Morgan fingerprint density at radius 2 is 2.09 bits per heavy atom. The third-order valence-electron chi connectivity index (χ3n) is 4.41. The molecule has 0 amide bonds. The van der Waals surface area contributed by atoms with E-state index in [-0.39, 0.29) is 11.2 Å². The molecule has 0 unspecified atom stereocenters. The highest BCUT2D eigenvalue weighted by atomic mass is 19.1. The first-order chi connectivity index (χ1) is 10.4. The molecule has 3 nitrogen and oxygen atoms in total. The number of H-pyrrole nitrogens is 1. The average molecular weight is 301 g/mol. The first-order valence-electron chi connectivity index (χ1n) is 7.95. The Morgan fingerprint density at radius 3 is 2.77 bits per heavy atom. The summed E-state index contributed by atoms with van der Waals surface area (Å²) in [7, 11) is 0. The molecular weight excluding hydrogens is 277 g/mol. The third-order valence-corrected chi connectivity index (χ3v) is 4.41. The van der Waals surface area contributed by atoms with Crippen LogP contribution in [0.5, 0.6) is 0 Å². The molecule has 0 saturated carbocycles. The van der Waals surface area contributed by atoms with E-state index >= 15 is 0 Å². The van der Waals surface area contributed by atoms with Gasteiger partial charge in [0.15, 0.2) is 0 Å². The number of aromatic amines is 1. The van der Waals surface area contributed by atoms with Crippen molar-refractivity contribution in [3.63, 3.8) is 0 Å². The highest BCUT2D eigenvalue weighted by Gasteiger charge is 2.26. The molecule has 4 heteroatoms. The van der Waals surface area contributed by atoms with E-state index in [2.05, 4.69) is 41.9 Å². The molecule has 2 heterocycles. The lowest BCUT2D eigenvalue weighted by Crippen LogP contribution is -2.20. The SMILES string of the molecule is CC(C)(C)c1cc(CN2CC[C@@H](c3ccccc3F)C2)[nH]n1. The molecule has 0 bridgehead atoms. The minimum Gasteiger partial charge on any atom is -0.297 e. The van der Waals surface area contributed by atoms with Crippen LogP contribution in [-0.4, -0.2) is 28.2 Å². The number of likely N-dealkylation sites (tertiary alicyclic amines) is 1. The van der Waals surface area contributed by atoms with E-state index in [1.165, 1.54) is 0 Å². The first-order valence-corrected chi connectivity index (χ1v) is 7.95. The second-order valence-corrected chi connectivity index (χ2v) is 7.27. The molecule has 1 fully saturated rings. The van der Waals surface area contributed by atoms with Crippen LogP contribution < -0.4 is 0 Å². The van der Waals surface area contributed by atoms with Crippen LogP contribution in [0.1, 0.15) is 50.1 Å². The summed E-state index contributed by atoms with van der Waals surface area (Å²) in [4.78, 5) is 2.37. The Morgan fingerprint density at radius 1 is 1.32 bits per heavy atom. The van der Waals surface area contributed by atoms with Crippen LogP contribution in [0.4, 0.5) is 4.39 Å². The van der Waals surface area contributed by atoms with Gasteiger partial charge in [0.1, 0.15) is 5.82 Å². The smallest absolute Gasteiger partial charge is 0.126 e. The van der Waals surface area contributed by atoms with Gasteiger partial charge in [0.2, 0.25) is 0 Å². The van der Waals surface area contributed by atoms with E-state index in [4.69, 9.17) is 0 Å². The number of rotatable bonds is 3. The van der Waals surface area contributed by atoms with Crippen LogP contribution in [0.25, 0.3) is 0 Å². The maximum Gasteiger partial charge on any atom is 0.126 e. The van der Waals surface area contributed by atoms with E-state index in [0.717, 1.165) is 43.0 Å². The van der Waals surface area contributed by atoms with Gasteiger partial charge in [-0.15, -0.1) is 0 Å². The largest absolute Gasteiger partial charge is 0.297 e. The summed E-state index contributed by atoms with van der Waals surface area (Å²) in [5.41, 5.74) is 3.14. The molecule has 22 heavy (non-hydrogen) atoms. The average Bonchev–Trinajstić information content (AvgIpc) is 3.09. The maximum atomic E-state index is 13.9. The van der Waals surface area contributed by atoms with Gasteiger partial charge in [-0.2, -0.15) is 5.10 Å². The Labute approximate surface area is 131 Å². The van der Waals surface area contributed by atoms with Crippen molar-refractivity contribution in [2.24, 2.45) is 0 Å². The van der Waals surface area contributed by atoms with Gasteiger partial charge in [0.25, 0.3) is 0 Å². The van der Waals surface area contributed by atoms with E-state index in [1.807, 2.05) is 12.1 Å². The van der Waals surface area contributed by atoms with Gasteiger partial charge in [-0.3, -0.25) is 10.00 Å². The van der Waals surface area contributed by atoms with E-state index in [0.29, 0.717) is 5.92 Å². The highest BCUT2D eigenvalue weighted by molar-refractivity contribution is 5.23. The second kappa shape index (κ2) is 5.84. The van der Waals surface area contributed by atoms with Crippen LogP contribution in [0.15, 0.2) is 30.3 Å². The van der Waals surface area contributed by atoms with Gasteiger partial charge < -0.3 is 0 Å². The van der Waals surface area contributed by atoms with Gasteiger partial charge in [0, 0.05) is 30.1 Å². The summed E-state index contributed by atoms with van der Waals surface area (Å²) in [6.07, 6.45) is 1.02. The zero-order valence-corrected chi connectivity index (χ0v) is 13.6. The predicted molar refractivity (Wildman–Crippen MR) is 86.3 cm³/mol. The molecule has 1 aliphatic heterocycles. The van der Waals surface area contributed by atoms with Gasteiger partial charge >= 0.3 is 0 Å². The fraction of sp³-hybridized carbons (Fsp3) is 0.500. The Hall–Kier alpha value is -1.68. The molecule has 1 N–H and O–H groups in total. The quantitative estimate of drug-likeness (QED) is 0.934. The summed E-state index contributed by atoms with van der Waals surface area (Å²) >= 11 is 0. The summed E-state index contributed by atoms with van der Waals surface area (Å²) in [6, 6.07) is 9.30. The summed E-state index contributed by atoms with van der Waals surface area (Å²) in [5.74, 6) is 0.220. The molecule has 1 aliphatic rings. The number of benzene rings is 1. The fourth-order valence-electron chi connectivity index (χ4n) is 3.10. The van der Waals surface area contributed by atoms with Crippen molar-refractivity contribution in [3.05, 3.63) is 53.1 Å². The Kier molecular flexibility index (Phi) is 4.04. The molecule has 1 aromatic carbocycles. The van der Waals surface area contributed by atoms with E-state index in [9.17, 15) is 4.39 Å². The van der Waals surface area contributed by atoms with Crippen molar-refractivity contribution >= 4 is 0 Å². The zero-order valence-electron chi connectivity index (χ0n) is 13.6. The number of aromatic nitrogens is 2. The van der Waals surface area contributed by atoms with Gasteiger partial charge in [-0.05, 0) is 30.7 Å². The molecule has 118 valence electrons. The lowest BCUT2D eigenvalue weighted by molar-refractivity contribution is 0.322. The number of hydrogen-bond acceptors (Lipinski definition) is 2. The van der Waals surface area contributed by atoms with Crippen molar-refractivity contribution < 1.29 is 4.39 Å². The standard InChI is InChI=1S/C18H24FN3/c1-18(2,3)17-10-14(20-21-17)12-22-9-8-13(11-22)15-6-4-5-7-16(15)19/h4-7,10,13H,8-9,11-12H2,1-3H3,(H,20,21)/t13-/m1/s1. The number of nitrogens with one attached hydrogen (secondary N) is 1. The molecule has 0 radical (unpaired) electrons. The molecule has 0 aliphatic carbocycles. The lowest BCUT2D eigenvalue weighted by atomic mass is 9.92. The Bertz CT molecular complexity index is 642. The molecule has 1 aromatic heterocycles. The predicted octanol–water partition coefficient (Wildman–Crippen LogP) is 3.84. The van der Waals surface area contributed by atoms with Crippen molar-refractivity contribution in [2.75, 3.05) is 13.1 Å². The second-order valence-electron chi connectivity index (χ2n) is 7.27. The van der Waals surface area contributed by atoms with Crippen molar-refractivity contribution in [1.82, 2.24) is 15.1 Å². The summed E-state index contributed by atoms with van der Waals surface area (Å²) in [6.45, 7) is 9.26. The molecule has 0 spiro atoms. The molecule has 2 aromatic rings. The molecule has 3 rings (SSSR count). The third kappa shape index (κ3) is 3.22. The highest BCUT2D eigenvalue weighted by Crippen LogP contribution is 2.30. The monoisotopic (exact) mass is 301 g/mol.